The van der Waals surface area contributed by atoms with Crippen molar-refractivity contribution in [1.82, 2.24) is 0 Å². The highest BCUT2D eigenvalue weighted by atomic mass is 33.1. The van der Waals surface area contributed by atoms with Crippen LogP contribution in [-0.2, 0) is 13.1 Å². The zero-order valence-electron chi connectivity index (χ0n) is 25.4. The molecule has 0 radical (unpaired) electrons. The van der Waals surface area contributed by atoms with Crippen LogP contribution in [0.1, 0.15) is 36.1 Å². The molecule has 2 aromatic heterocycles. The van der Waals surface area contributed by atoms with E-state index in [1.54, 1.807) is 0 Å². The van der Waals surface area contributed by atoms with Crippen molar-refractivity contribution in [3.05, 3.63) is 120 Å². The van der Waals surface area contributed by atoms with E-state index in [0.717, 1.165) is 37.7 Å². The molecule has 6 heteroatoms. The second-order valence-corrected chi connectivity index (χ2v) is 12.9. The van der Waals surface area contributed by atoms with E-state index >= 15 is 0 Å². The monoisotopic (exact) mass is 596 g/mol. The van der Waals surface area contributed by atoms with Gasteiger partial charge in [-0.25, -0.2) is 9.13 Å². The highest BCUT2D eigenvalue weighted by Gasteiger charge is 2.08. The van der Waals surface area contributed by atoms with Crippen molar-refractivity contribution in [2.75, 3.05) is 48.5 Å². The van der Waals surface area contributed by atoms with Crippen LogP contribution >= 0.6 is 21.6 Å². The minimum absolute atomic E-state index is 0.991. The van der Waals surface area contributed by atoms with Gasteiger partial charge in [-0.05, 0) is 48.2 Å². The third kappa shape index (κ3) is 9.53. The second-order valence-electron chi connectivity index (χ2n) is 10.2. The molecule has 0 fully saturated rings. The lowest BCUT2D eigenvalue weighted by Gasteiger charge is -2.22. The molecular formula is C36H44N4S2+2. The van der Waals surface area contributed by atoms with E-state index in [2.05, 4.69) is 169 Å². The molecule has 4 nitrogen and oxygen atoms in total. The van der Waals surface area contributed by atoms with Crippen LogP contribution in [0.5, 0.6) is 0 Å². The van der Waals surface area contributed by atoms with Crippen LogP contribution in [0.2, 0.25) is 0 Å². The van der Waals surface area contributed by atoms with Crippen molar-refractivity contribution in [2.24, 2.45) is 0 Å². The van der Waals surface area contributed by atoms with Gasteiger partial charge in [0.15, 0.2) is 24.8 Å². The third-order valence-electron chi connectivity index (χ3n) is 7.27. The Morgan fingerprint density at radius 1 is 0.548 bits per heavy atom. The number of anilines is 2. The van der Waals surface area contributed by atoms with Crippen LogP contribution < -0.4 is 18.9 Å². The summed E-state index contributed by atoms with van der Waals surface area (Å²) in [4.78, 5) is 4.74. The molecule has 4 rings (SSSR count). The summed E-state index contributed by atoms with van der Waals surface area (Å²) in [6, 6.07) is 26.0. The minimum Gasteiger partial charge on any atom is -0.373 e. The number of hydrogen-bond donors (Lipinski definition) is 0. The van der Waals surface area contributed by atoms with Crippen LogP contribution in [-0.4, -0.2) is 38.7 Å². The molecule has 218 valence electrons. The summed E-state index contributed by atoms with van der Waals surface area (Å²) < 4.78 is 4.36. The number of rotatable bonds is 15. The first-order valence-corrected chi connectivity index (χ1v) is 17.2. The van der Waals surface area contributed by atoms with E-state index in [4.69, 9.17) is 0 Å². The van der Waals surface area contributed by atoms with Crippen LogP contribution in [0.4, 0.5) is 11.4 Å². The average Bonchev–Trinajstić information content (AvgIpc) is 3.05. The van der Waals surface area contributed by atoms with Crippen LogP contribution in [0, 0.1) is 0 Å². The van der Waals surface area contributed by atoms with Gasteiger partial charge in [-0.3, -0.25) is 0 Å². The molecule has 2 heterocycles. The molecule has 0 bridgehead atoms. The van der Waals surface area contributed by atoms with E-state index in [0.29, 0.717) is 0 Å². The lowest BCUT2D eigenvalue weighted by atomic mass is 10.1. The predicted molar refractivity (Wildman–Crippen MR) is 187 cm³/mol. The molecule has 0 aliphatic heterocycles. The Labute approximate surface area is 260 Å². The van der Waals surface area contributed by atoms with Gasteiger partial charge in [-0.15, -0.1) is 0 Å². The topological polar surface area (TPSA) is 14.2 Å². The van der Waals surface area contributed by atoms with Gasteiger partial charge in [-0.2, -0.15) is 0 Å². The van der Waals surface area contributed by atoms with E-state index in [1.165, 1.54) is 33.6 Å². The first-order chi connectivity index (χ1) is 20.6. The third-order valence-corrected chi connectivity index (χ3v) is 9.64. The summed E-state index contributed by atoms with van der Waals surface area (Å²) in [5.41, 5.74) is 7.46. The normalized spacial score (nSPS) is 11.4. The Morgan fingerprint density at radius 3 is 1.31 bits per heavy atom. The standard InChI is InChI=1S/C36H44N4S2/c1-5-39-23-19-31(20-24-39)15-17-33-11-7-9-13-35(33)37(3)27-29-41-42-30-28-38(4)36-14-10-8-12-34(36)18-16-32-21-25-40(6-2)26-22-32/h7-26H,5-6,27-30H2,1-4H3/q+2. The SMILES string of the molecule is CC[n+]1ccc(C=Cc2ccccc2N(C)CCSSCCN(C)c2ccccc2C=Cc2cc[n+](CC)cc2)cc1. The van der Waals surface area contributed by atoms with Crippen molar-refractivity contribution in [3.63, 3.8) is 0 Å². The minimum atomic E-state index is 0.991. The zero-order valence-corrected chi connectivity index (χ0v) is 27.0. The zero-order chi connectivity index (χ0) is 29.6. The molecule has 0 saturated carbocycles. The summed E-state index contributed by atoms with van der Waals surface area (Å²) in [6.07, 6.45) is 17.4. The average molecular weight is 597 g/mol. The molecule has 0 N–H and O–H groups in total. The molecule has 4 aromatic rings. The highest BCUT2D eigenvalue weighted by Crippen LogP contribution is 2.26. The molecule has 0 aliphatic rings. The molecule has 0 atom stereocenters. The molecular weight excluding hydrogens is 553 g/mol. The predicted octanol–water partition coefficient (Wildman–Crippen LogP) is 7.60. The molecule has 0 spiro atoms. The van der Waals surface area contributed by atoms with Crippen molar-refractivity contribution >= 4 is 57.3 Å². The lowest BCUT2D eigenvalue weighted by Crippen LogP contribution is -2.30. The highest BCUT2D eigenvalue weighted by molar-refractivity contribution is 8.76. The largest absolute Gasteiger partial charge is 0.373 e. The fraction of sp³-hybridized carbons (Fsp3) is 0.278. The quantitative estimate of drug-likeness (QED) is 0.0797. The lowest BCUT2D eigenvalue weighted by molar-refractivity contribution is -0.693. The number of hydrogen-bond acceptors (Lipinski definition) is 4. The van der Waals surface area contributed by atoms with Gasteiger partial charge in [0.25, 0.3) is 0 Å². The van der Waals surface area contributed by atoms with E-state index in [1.807, 2.05) is 21.6 Å². The van der Waals surface area contributed by atoms with E-state index in [-0.39, 0.29) is 0 Å². The fourth-order valence-electron chi connectivity index (χ4n) is 4.61. The van der Waals surface area contributed by atoms with Crippen molar-refractivity contribution in [3.8, 4) is 0 Å². The van der Waals surface area contributed by atoms with Gasteiger partial charge < -0.3 is 9.80 Å². The molecule has 0 aliphatic carbocycles. The Hall–Kier alpha value is -3.48. The number of pyridine rings is 2. The van der Waals surface area contributed by atoms with Gasteiger partial charge in [0.2, 0.25) is 0 Å². The summed E-state index contributed by atoms with van der Waals surface area (Å²) in [5, 5.41) is 0. The van der Waals surface area contributed by atoms with E-state index < -0.39 is 0 Å². The maximum atomic E-state index is 2.37. The van der Waals surface area contributed by atoms with Gasteiger partial charge in [0, 0.05) is 74.3 Å². The van der Waals surface area contributed by atoms with Crippen LogP contribution in [0.25, 0.3) is 24.3 Å². The molecule has 2 aromatic carbocycles. The summed E-state index contributed by atoms with van der Waals surface area (Å²) in [7, 11) is 8.31. The Kier molecular flexibility index (Phi) is 12.6. The van der Waals surface area contributed by atoms with E-state index in [9.17, 15) is 0 Å². The fourth-order valence-corrected chi connectivity index (χ4v) is 6.70. The summed E-state index contributed by atoms with van der Waals surface area (Å²) in [5.74, 6) is 2.15. The van der Waals surface area contributed by atoms with Gasteiger partial charge >= 0.3 is 0 Å². The number of para-hydroxylation sites is 2. The summed E-state index contributed by atoms with van der Waals surface area (Å²) in [6.45, 7) is 8.31. The molecule has 0 unspecified atom stereocenters. The maximum absolute atomic E-state index is 2.37. The van der Waals surface area contributed by atoms with Crippen molar-refractivity contribution < 1.29 is 9.13 Å². The van der Waals surface area contributed by atoms with Crippen LogP contribution in [0.3, 0.4) is 0 Å². The number of benzene rings is 2. The van der Waals surface area contributed by atoms with Crippen molar-refractivity contribution in [2.45, 2.75) is 26.9 Å². The number of aromatic nitrogens is 2. The Bertz CT molecular complexity index is 1320. The van der Waals surface area contributed by atoms with Crippen molar-refractivity contribution in [1.29, 1.82) is 0 Å². The van der Waals surface area contributed by atoms with Crippen LogP contribution in [0.15, 0.2) is 97.6 Å². The Morgan fingerprint density at radius 2 is 0.929 bits per heavy atom. The summed E-state index contributed by atoms with van der Waals surface area (Å²) >= 11 is 0. The Balaban J connectivity index is 1.22. The van der Waals surface area contributed by atoms with Gasteiger partial charge in [0.1, 0.15) is 13.1 Å². The second kappa shape index (κ2) is 16.8. The first-order valence-electron chi connectivity index (χ1n) is 14.8. The van der Waals surface area contributed by atoms with Gasteiger partial charge in [-0.1, -0.05) is 82.3 Å². The van der Waals surface area contributed by atoms with Gasteiger partial charge in [0.05, 0.1) is 0 Å². The number of aryl methyl sites for hydroxylation is 2. The maximum Gasteiger partial charge on any atom is 0.169 e. The first kappa shape index (κ1) is 31.5. The molecule has 42 heavy (non-hydrogen) atoms. The number of nitrogens with zero attached hydrogens (tertiary/aromatic N) is 4. The molecule has 0 saturated heterocycles. The molecule has 0 amide bonds. The smallest absolute Gasteiger partial charge is 0.169 e.